The van der Waals surface area contributed by atoms with Gasteiger partial charge in [-0.25, -0.2) is 0 Å². The Kier molecular flexibility index (Phi) is 11.5. The van der Waals surface area contributed by atoms with E-state index < -0.39 is 8.25 Å². The molecule has 0 saturated heterocycles. The van der Waals surface area contributed by atoms with Gasteiger partial charge in [0, 0.05) is 10.8 Å². The van der Waals surface area contributed by atoms with Crippen LogP contribution in [-0.4, -0.2) is 13.2 Å². The summed E-state index contributed by atoms with van der Waals surface area (Å²) < 4.78 is 21.8. The third-order valence-corrected chi connectivity index (χ3v) is 4.39. The number of hydrogen-bond donors (Lipinski definition) is 0. The first-order chi connectivity index (χ1) is 11.2. The predicted molar refractivity (Wildman–Crippen MR) is 103 cm³/mol. The van der Waals surface area contributed by atoms with E-state index in [2.05, 4.69) is 11.8 Å². The molecule has 3 nitrogen and oxygen atoms in total. The van der Waals surface area contributed by atoms with Crippen LogP contribution in [0.4, 0.5) is 0 Å². The first-order valence-corrected chi connectivity index (χ1v) is 9.50. The quantitative estimate of drug-likeness (QED) is 0.268. The van der Waals surface area contributed by atoms with Gasteiger partial charge in [-0.2, -0.15) is 0 Å². The molecule has 0 bridgehead atoms. The second kappa shape index (κ2) is 12.2. The Labute approximate surface area is 148 Å². The number of allylic oxidation sites excluding steroid dienone is 2. The minimum absolute atomic E-state index is 0.0937. The molecule has 0 unspecified atom stereocenters. The SMILES string of the molecule is C#CC(C)(C)CCC=CCO[PH](=O)OCC=CCCC(C)(C)C#C. The molecule has 0 aromatic heterocycles. The van der Waals surface area contributed by atoms with Crippen LogP contribution in [0, 0.1) is 35.5 Å². The fourth-order valence-electron chi connectivity index (χ4n) is 1.68. The van der Waals surface area contributed by atoms with Gasteiger partial charge in [0.05, 0.1) is 13.2 Å². The maximum absolute atomic E-state index is 11.5. The normalized spacial score (nSPS) is 13.9. The maximum atomic E-state index is 11.5. The first kappa shape index (κ1) is 22.8. The maximum Gasteiger partial charge on any atom is 0.319 e. The Morgan fingerprint density at radius 2 is 1.21 bits per heavy atom. The molecule has 4 heteroatoms. The van der Waals surface area contributed by atoms with Crippen molar-refractivity contribution in [3.8, 4) is 24.7 Å². The fourth-order valence-corrected chi connectivity index (χ4v) is 2.23. The molecule has 134 valence electrons. The summed E-state index contributed by atoms with van der Waals surface area (Å²) in [5, 5.41) is 0. The monoisotopic (exact) mass is 350 g/mol. The van der Waals surface area contributed by atoms with Crippen LogP contribution >= 0.6 is 8.25 Å². The fraction of sp³-hybridized carbons (Fsp3) is 0.600. The number of rotatable bonds is 12. The minimum Gasteiger partial charge on any atom is -0.306 e. The van der Waals surface area contributed by atoms with Gasteiger partial charge in [-0.1, -0.05) is 24.3 Å². The van der Waals surface area contributed by atoms with Gasteiger partial charge >= 0.3 is 8.25 Å². The van der Waals surface area contributed by atoms with Crippen molar-refractivity contribution in [1.82, 2.24) is 0 Å². The highest BCUT2D eigenvalue weighted by Crippen LogP contribution is 2.24. The van der Waals surface area contributed by atoms with Gasteiger partial charge in [-0.15, -0.1) is 24.7 Å². The van der Waals surface area contributed by atoms with Crippen molar-refractivity contribution in [3.05, 3.63) is 24.3 Å². The van der Waals surface area contributed by atoms with Crippen LogP contribution in [0.3, 0.4) is 0 Å². The zero-order valence-electron chi connectivity index (χ0n) is 15.4. The molecule has 0 N–H and O–H groups in total. The molecule has 0 aliphatic carbocycles. The predicted octanol–water partition coefficient (Wildman–Crippen LogP) is 5.40. The highest BCUT2D eigenvalue weighted by Gasteiger charge is 2.12. The molecule has 0 saturated carbocycles. The second-order valence-corrected chi connectivity index (χ2v) is 8.03. The molecule has 0 heterocycles. The molecule has 0 amide bonds. The van der Waals surface area contributed by atoms with E-state index in [1.54, 1.807) is 0 Å². The summed E-state index contributed by atoms with van der Waals surface area (Å²) in [7, 11) is -2.45. The zero-order valence-corrected chi connectivity index (χ0v) is 16.4. The van der Waals surface area contributed by atoms with E-state index in [1.165, 1.54) is 0 Å². The van der Waals surface area contributed by atoms with Gasteiger partial charge < -0.3 is 9.05 Å². The van der Waals surface area contributed by atoms with Gasteiger partial charge in [-0.05, 0) is 53.4 Å². The number of terminal acetylenes is 2. The van der Waals surface area contributed by atoms with E-state index >= 15 is 0 Å². The van der Waals surface area contributed by atoms with Crippen LogP contribution in [0.15, 0.2) is 24.3 Å². The van der Waals surface area contributed by atoms with Crippen molar-refractivity contribution in [2.75, 3.05) is 13.2 Å². The summed E-state index contributed by atoms with van der Waals surface area (Å²) in [6.45, 7) is 8.70. The molecule has 0 aromatic carbocycles. The van der Waals surface area contributed by atoms with Crippen molar-refractivity contribution in [3.63, 3.8) is 0 Å². The van der Waals surface area contributed by atoms with Gasteiger partial charge in [0.25, 0.3) is 0 Å². The summed E-state index contributed by atoms with van der Waals surface area (Å²) in [6, 6.07) is 0. The average Bonchev–Trinajstić information content (AvgIpc) is 2.54. The Morgan fingerprint density at radius 1 is 0.833 bits per heavy atom. The Morgan fingerprint density at radius 3 is 1.54 bits per heavy atom. The summed E-state index contributed by atoms with van der Waals surface area (Å²) >= 11 is 0. The summed E-state index contributed by atoms with van der Waals surface area (Å²) in [4.78, 5) is 0. The van der Waals surface area contributed by atoms with E-state index in [-0.39, 0.29) is 24.0 Å². The van der Waals surface area contributed by atoms with E-state index in [0.29, 0.717) is 0 Å². The van der Waals surface area contributed by atoms with E-state index in [4.69, 9.17) is 21.9 Å². The van der Waals surface area contributed by atoms with Gasteiger partial charge in [-0.3, -0.25) is 4.57 Å². The standard InChI is InChI=1S/C20H31O3P/c1-7-19(3,4)15-11-9-13-17-22-24(21)23-18-14-10-12-16-20(5,6)8-2/h1-2,9-10,13-14,24H,11-12,15-18H2,3-6H3. The summed E-state index contributed by atoms with van der Waals surface area (Å²) in [5.41, 5.74) is -0.187. The lowest BCUT2D eigenvalue weighted by Crippen LogP contribution is -2.06. The van der Waals surface area contributed by atoms with E-state index in [1.807, 2.05) is 52.0 Å². The highest BCUT2D eigenvalue weighted by molar-refractivity contribution is 7.33. The average molecular weight is 350 g/mol. The lowest BCUT2D eigenvalue weighted by Gasteiger charge is -2.15. The number of hydrogen-bond acceptors (Lipinski definition) is 3. The smallest absolute Gasteiger partial charge is 0.306 e. The highest BCUT2D eigenvalue weighted by atomic mass is 31.1. The molecule has 0 aromatic rings. The van der Waals surface area contributed by atoms with Crippen LogP contribution in [0.25, 0.3) is 0 Å². The van der Waals surface area contributed by atoms with Gasteiger partial charge in [0.1, 0.15) is 0 Å². The third kappa shape index (κ3) is 13.2. The third-order valence-electron chi connectivity index (χ3n) is 3.58. The summed E-state index contributed by atoms with van der Waals surface area (Å²) in [6.07, 6.45) is 22.1. The first-order valence-electron chi connectivity index (χ1n) is 8.27. The van der Waals surface area contributed by atoms with Crippen LogP contribution < -0.4 is 0 Å². The largest absolute Gasteiger partial charge is 0.319 e. The van der Waals surface area contributed by atoms with E-state index in [9.17, 15) is 4.57 Å². The molecule has 0 rings (SSSR count). The van der Waals surface area contributed by atoms with Crippen molar-refractivity contribution < 1.29 is 13.6 Å². The van der Waals surface area contributed by atoms with Crippen molar-refractivity contribution in [2.24, 2.45) is 10.8 Å². The van der Waals surface area contributed by atoms with Crippen molar-refractivity contribution in [1.29, 1.82) is 0 Å². The van der Waals surface area contributed by atoms with Gasteiger partial charge in [0.15, 0.2) is 0 Å². The van der Waals surface area contributed by atoms with Crippen LogP contribution in [-0.2, 0) is 13.6 Å². The Balaban J connectivity index is 3.71. The lowest BCUT2D eigenvalue weighted by atomic mass is 9.89. The molecule has 0 aliphatic heterocycles. The van der Waals surface area contributed by atoms with E-state index in [0.717, 1.165) is 25.7 Å². The Hall–Kier alpha value is -1.25. The molecule has 24 heavy (non-hydrogen) atoms. The van der Waals surface area contributed by atoms with Crippen LogP contribution in [0.2, 0.25) is 0 Å². The van der Waals surface area contributed by atoms with Crippen molar-refractivity contribution in [2.45, 2.75) is 53.4 Å². The molecular weight excluding hydrogens is 319 g/mol. The molecular formula is C20H31O3P. The van der Waals surface area contributed by atoms with Crippen LogP contribution in [0.5, 0.6) is 0 Å². The summed E-state index contributed by atoms with van der Waals surface area (Å²) in [5.74, 6) is 5.51. The second-order valence-electron chi connectivity index (χ2n) is 6.95. The Bertz CT molecular complexity index is 470. The minimum atomic E-state index is -2.45. The molecule has 0 spiro atoms. The molecule has 0 atom stereocenters. The molecule has 0 radical (unpaired) electrons. The zero-order chi connectivity index (χ0) is 18.5. The molecule has 0 fully saturated rings. The van der Waals surface area contributed by atoms with Crippen molar-refractivity contribution >= 4 is 8.25 Å². The van der Waals surface area contributed by atoms with Crippen LogP contribution in [0.1, 0.15) is 53.4 Å². The topological polar surface area (TPSA) is 35.5 Å². The van der Waals surface area contributed by atoms with Gasteiger partial charge in [0.2, 0.25) is 0 Å². The lowest BCUT2D eigenvalue weighted by molar-refractivity contribution is 0.260. The molecule has 0 aliphatic rings.